The normalized spacial score (nSPS) is 14.5. The minimum atomic E-state index is -4.08. The standard InChI is InChI=1S/C30H34ClN3O4S/c1-22-15-17-28(18-16-22)39(37,38)34(27-13-4-3-5-14-27)21-29(35)33(20-24-9-8-10-25(31)19-24)23(2)30(36)32-26-11-6-7-12-26/h3-5,8-10,13-19,23,26H,6-7,11-12,20-21H2,1-2H3,(H,32,36)/t23-/m1/s1. The summed E-state index contributed by atoms with van der Waals surface area (Å²) in [5.74, 6) is -0.756. The molecule has 0 heterocycles. The van der Waals surface area contributed by atoms with Gasteiger partial charge < -0.3 is 10.2 Å². The molecule has 9 heteroatoms. The Morgan fingerprint density at radius 1 is 0.974 bits per heavy atom. The molecule has 0 radical (unpaired) electrons. The zero-order chi connectivity index (χ0) is 28.0. The zero-order valence-electron chi connectivity index (χ0n) is 22.2. The Kier molecular flexibility index (Phi) is 9.30. The first-order chi connectivity index (χ1) is 18.6. The summed E-state index contributed by atoms with van der Waals surface area (Å²) in [4.78, 5) is 28.7. The van der Waals surface area contributed by atoms with Crippen molar-refractivity contribution in [1.82, 2.24) is 10.2 Å². The molecule has 7 nitrogen and oxygen atoms in total. The van der Waals surface area contributed by atoms with E-state index in [2.05, 4.69) is 5.32 Å². The lowest BCUT2D eigenvalue weighted by molar-refractivity contribution is -0.139. The van der Waals surface area contributed by atoms with Gasteiger partial charge in [-0.25, -0.2) is 8.42 Å². The first kappa shape index (κ1) is 28.6. The first-order valence-electron chi connectivity index (χ1n) is 13.1. The number of benzene rings is 3. The van der Waals surface area contributed by atoms with Crippen LogP contribution < -0.4 is 9.62 Å². The lowest BCUT2D eigenvalue weighted by Gasteiger charge is -2.32. The molecule has 1 atom stereocenters. The summed E-state index contributed by atoms with van der Waals surface area (Å²) >= 11 is 6.20. The monoisotopic (exact) mass is 567 g/mol. The minimum Gasteiger partial charge on any atom is -0.352 e. The molecule has 0 aliphatic heterocycles. The SMILES string of the molecule is Cc1ccc(S(=O)(=O)N(CC(=O)N(Cc2cccc(Cl)c2)[C@H](C)C(=O)NC2CCCC2)c2ccccc2)cc1. The molecular weight excluding hydrogens is 534 g/mol. The van der Waals surface area contributed by atoms with Crippen molar-refractivity contribution in [2.75, 3.05) is 10.8 Å². The Hall–Kier alpha value is -3.36. The van der Waals surface area contributed by atoms with E-state index in [4.69, 9.17) is 11.6 Å². The van der Waals surface area contributed by atoms with Gasteiger partial charge in [0.1, 0.15) is 12.6 Å². The number of halogens is 1. The number of para-hydroxylation sites is 1. The van der Waals surface area contributed by atoms with E-state index >= 15 is 0 Å². The van der Waals surface area contributed by atoms with Crippen molar-refractivity contribution < 1.29 is 18.0 Å². The molecule has 1 N–H and O–H groups in total. The second kappa shape index (κ2) is 12.7. The number of nitrogens with one attached hydrogen (secondary N) is 1. The van der Waals surface area contributed by atoms with E-state index < -0.39 is 28.5 Å². The van der Waals surface area contributed by atoms with Gasteiger partial charge in [-0.1, -0.05) is 72.5 Å². The fourth-order valence-corrected chi connectivity index (χ4v) is 6.39. The van der Waals surface area contributed by atoms with Gasteiger partial charge in [0.15, 0.2) is 0 Å². The number of hydrogen-bond donors (Lipinski definition) is 1. The molecule has 0 aromatic heterocycles. The molecule has 1 fully saturated rings. The van der Waals surface area contributed by atoms with E-state index in [1.54, 1.807) is 67.6 Å². The number of amides is 2. The highest BCUT2D eigenvalue weighted by molar-refractivity contribution is 7.92. The number of nitrogens with zero attached hydrogens (tertiary/aromatic N) is 2. The third-order valence-corrected chi connectivity index (χ3v) is 9.07. The second-order valence-corrected chi connectivity index (χ2v) is 12.3. The van der Waals surface area contributed by atoms with Crippen LogP contribution in [-0.4, -0.2) is 43.8 Å². The average molecular weight is 568 g/mol. The molecule has 0 unspecified atom stereocenters. The topological polar surface area (TPSA) is 86.8 Å². The van der Waals surface area contributed by atoms with Gasteiger partial charge in [-0.15, -0.1) is 0 Å². The van der Waals surface area contributed by atoms with Crippen LogP contribution in [-0.2, 0) is 26.2 Å². The maximum atomic E-state index is 13.9. The highest BCUT2D eigenvalue weighted by Crippen LogP contribution is 2.25. The van der Waals surface area contributed by atoms with E-state index in [0.29, 0.717) is 10.7 Å². The fourth-order valence-electron chi connectivity index (χ4n) is 4.77. The lowest BCUT2D eigenvalue weighted by atomic mass is 10.1. The van der Waals surface area contributed by atoms with Gasteiger partial charge in [0, 0.05) is 17.6 Å². The summed E-state index contributed by atoms with van der Waals surface area (Å²) < 4.78 is 28.7. The molecule has 1 aliphatic carbocycles. The third kappa shape index (κ3) is 7.19. The van der Waals surface area contributed by atoms with Gasteiger partial charge >= 0.3 is 0 Å². The summed E-state index contributed by atoms with van der Waals surface area (Å²) in [6, 6.07) is 21.4. The highest BCUT2D eigenvalue weighted by Gasteiger charge is 2.33. The molecule has 39 heavy (non-hydrogen) atoms. The zero-order valence-corrected chi connectivity index (χ0v) is 23.8. The Bertz CT molecular complexity index is 1390. The summed E-state index contributed by atoms with van der Waals surface area (Å²) in [6.45, 7) is 3.18. The Balaban J connectivity index is 1.66. The lowest BCUT2D eigenvalue weighted by Crippen LogP contribution is -2.52. The molecule has 0 bridgehead atoms. The quantitative estimate of drug-likeness (QED) is 0.359. The predicted octanol–water partition coefficient (Wildman–Crippen LogP) is 5.32. The Labute approximate surface area is 235 Å². The number of anilines is 1. The van der Waals surface area contributed by atoms with Crippen LogP contribution in [0.5, 0.6) is 0 Å². The van der Waals surface area contributed by atoms with E-state index in [0.717, 1.165) is 41.1 Å². The summed E-state index contributed by atoms with van der Waals surface area (Å²) in [5.41, 5.74) is 2.02. The largest absolute Gasteiger partial charge is 0.352 e. The van der Waals surface area contributed by atoms with Crippen LogP contribution in [0.4, 0.5) is 5.69 Å². The van der Waals surface area contributed by atoms with Crippen LogP contribution in [0.25, 0.3) is 0 Å². The third-order valence-electron chi connectivity index (χ3n) is 7.04. The van der Waals surface area contributed by atoms with Crippen LogP contribution >= 0.6 is 11.6 Å². The molecule has 0 spiro atoms. The molecule has 3 aromatic carbocycles. The summed E-state index contributed by atoms with van der Waals surface area (Å²) in [6.07, 6.45) is 3.95. The van der Waals surface area contributed by atoms with Crippen LogP contribution in [0.2, 0.25) is 5.02 Å². The van der Waals surface area contributed by atoms with Crippen molar-refractivity contribution >= 4 is 39.1 Å². The van der Waals surface area contributed by atoms with Crippen molar-refractivity contribution in [3.8, 4) is 0 Å². The number of hydrogen-bond acceptors (Lipinski definition) is 4. The Morgan fingerprint density at radius 3 is 2.28 bits per heavy atom. The van der Waals surface area contributed by atoms with E-state index in [9.17, 15) is 18.0 Å². The van der Waals surface area contributed by atoms with E-state index in [1.165, 1.54) is 17.0 Å². The van der Waals surface area contributed by atoms with Crippen LogP contribution in [0.1, 0.15) is 43.7 Å². The summed E-state index contributed by atoms with van der Waals surface area (Å²) in [7, 11) is -4.08. The van der Waals surface area contributed by atoms with Crippen molar-refractivity contribution in [3.05, 3.63) is 95.0 Å². The highest BCUT2D eigenvalue weighted by atomic mass is 35.5. The number of carbonyl (C=O) groups excluding carboxylic acids is 2. The minimum absolute atomic E-state index is 0.0816. The fraction of sp³-hybridized carbons (Fsp3) is 0.333. The Morgan fingerprint density at radius 2 is 1.64 bits per heavy atom. The van der Waals surface area contributed by atoms with Crippen molar-refractivity contribution in [1.29, 1.82) is 0 Å². The molecule has 0 saturated heterocycles. The molecular formula is C30H34ClN3O4S. The van der Waals surface area contributed by atoms with Gasteiger partial charge in [0.25, 0.3) is 10.0 Å². The number of aryl methyl sites for hydroxylation is 1. The molecule has 4 rings (SSSR count). The van der Waals surface area contributed by atoms with Gasteiger partial charge in [-0.05, 0) is 68.7 Å². The van der Waals surface area contributed by atoms with Crippen LogP contribution in [0, 0.1) is 6.92 Å². The maximum Gasteiger partial charge on any atom is 0.264 e. The van der Waals surface area contributed by atoms with Crippen molar-refractivity contribution in [2.45, 2.75) is 63.1 Å². The van der Waals surface area contributed by atoms with Gasteiger partial charge in [-0.2, -0.15) is 0 Å². The van der Waals surface area contributed by atoms with E-state index in [1.807, 2.05) is 13.0 Å². The molecule has 206 valence electrons. The van der Waals surface area contributed by atoms with Gasteiger partial charge in [0.2, 0.25) is 11.8 Å². The number of carbonyl (C=O) groups is 2. The molecule has 1 aliphatic rings. The first-order valence-corrected chi connectivity index (χ1v) is 15.0. The smallest absolute Gasteiger partial charge is 0.264 e. The second-order valence-electron chi connectivity index (χ2n) is 9.98. The van der Waals surface area contributed by atoms with Gasteiger partial charge in [-0.3, -0.25) is 13.9 Å². The molecule has 2 amide bonds. The van der Waals surface area contributed by atoms with Crippen molar-refractivity contribution in [3.63, 3.8) is 0 Å². The summed E-state index contributed by atoms with van der Waals surface area (Å²) in [5, 5.41) is 3.58. The number of rotatable bonds is 10. The van der Waals surface area contributed by atoms with Crippen LogP contribution in [0.15, 0.2) is 83.8 Å². The predicted molar refractivity (Wildman–Crippen MR) is 154 cm³/mol. The maximum absolute atomic E-state index is 13.9. The van der Waals surface area contributed by atoms with E-state index in [-0.39, 0.29) is 23.4 Å². The van der Waals surface area contributed by atoms with Gasteiger partial charge in [0.05, 0.1) is 10.6 Å². The molecule has 1 saturated carbocycles. The average Bonchev–Trinajstić information content (AvgIpc) is 3.43. The van der Waals surface area contributed by atoms with Crippen molar-refractivity contribution in [2.24, 2.45) is 0 Å². The number of sulfonamides is 1. The molecule has 3 aromatic rings. The van der Waals surface area contributed by atoms with Crippen LogP contribution in [0.3, 0.4) is 0 Å².